The predicted molar refractivity (Wildman–Crippen MR) is 88.5 cm³/mol. The number of benzene rings is 1. The van der Waals surface area contributed by atoms with Gasteiger partial charge in [-0.1, -0.05) is 32.9 Å². The maximum Gasteiger partial charge on any atom is 0.306 e. The van der Waals surface area contributed by atoms with E-state index in [0.29, 0.717) is 5.75 Å². The molecule has 0 bridgehead atoms. The van der Waals surface area contributed by atoms with Crippen LogP contribution in [0.3, 0.4) is 0 Å². The van der Waals surface area contributed by atoms with E-state index in [9.17, 15) is 8.42 Å². The summed E-state index contributed by atoms with van der Waals surface area (Å²) in [5, 5.41) is 0. The number of rotatable bonds is 5. The summed E-state index contributed by atoms with van der Waals surface area (Å²) < 4.78 is 33.4. The first-order valence-electron chi connectivity index (χ1n) is 6.95. The fourth-order valence-electron chi connectivity index (χ4n) is 1.97. The van der Waals surface area contributed by atoms with Crippen LogP contribution in [0.25, 0.3) is 0 Å². The second-order valence-corrected chi connectivity index (χ2v) is 13.4. The standard InChI is InChI=1S/C15H26O4SSi/c1-15(2,3)14(19-21(5,6)7)12-8-10-13(11-9-12)18-20(4,16)17/h8-11,14H,1-7H3. The summed E-state index contributed by atoms with van der Waals surface area (Å²) in [5.41, 5.74) is 0.991. The molecule has 1 rings (SSSR count). The smallest absolute Gasteiger partial charge is 0.306 e. The molecule has 1 atom stereocenters. The Kier molecular flexibility index (Phi) is 5.29. The van der Waals surface area contributed by atoms with Gasteiger partial charge in [-0.15, -0.1) is 0 Å². The molecule has 120 valence electrons. The molecule has 0 N–H and O–H groups in total. The predicted octanol–water partition coefficient (Wildman–Crippen LogP) is 3.96. The van der Waals surface area contributed by atoms with Crippen molar-refractivity contribution in [3.63, 3.8) is 0 Å². The minimum absolute atomic E-state index is 0.0311. The second kappa shape index (κ2) is 6.10. The van der Waals surface area contributed by atoms with Crippen molar-refractivity contribution < 1.29 is 17.0 Å². The molecule has 0 radical (unpaired) electrons. The van der Waals surface area contributed by atoms with Gasteiger partial charge in [-0.3, -0.25) is 0 Å². The fraction of sp³-hybridized carbons (Fsp3) is 0.600. The highest BCUT2D eigenvalue weighted by molar-refractivity contribution is 7.86. The number of hydrogen-bond donors (Lipinski definition) is 0. The maximum absolute atomic E-state index is 11.1. The average molecular weight is 331 g/mol. The van der Waals surface area contributed by atoms with E-state index < -0.39 is 18.4 Å². The lowest BCUT2D eigenvalue weighted by atomic mass is 9.85. The monoisotopic (exact) mass is 330 g/mol. The quantitative estimate of drug-likeness (QED) is 0.605. The first kappa shape index (κ1) is 18.2. The minimum Gasteiger partial charge on any atom is -0.410 e. The van der Waals surface area contributed by atoms with Crippen LogP contribution >= 0.6 is 0 Å². The van der Waals surface area contributed by atoms with E-state index in [4.69, 9.17) is 8.61 Å². The lowest BCUT2D eigenvalue weighted by molar-refractivity contribution is 0.0798. The van der Waals surface area contributed by atoms with Crippen molar-refractivity contribution >= 4 is 18.4 Å². The summed E-state index contributed by atoms with van der Waals surface area (Å²) >= 11 is 0. The van der Waals surface area contributed by atoms with Crippen LogP contribution in [0.4, 0.5) is 0 Å². The zero-order valence-corrected chi connectivity index (χ0v) is 15.7. The first-order valence-corrected chi connectivity index (χ1v) is 12.2. The van der Waals surface area contributed by atoms with Crippen molar-refractivity contribution in [2.75, 3.05) is 6.26 Å². The van der Waals surface area contributed by atoms with E-state index in [-0.39, 0.29) is 11.5 Å². The zero-order valence-electron chi connectivity index (χ0n) is 13.9. The Labute approximate surface area is 129 Å². The Morgan fingerprint density at radius 1 is 1.05 bits per heavy atom. The van der Waals surface area contributed by atoms with Gasteiger partial charge in [-0.05, 0) is 42.8 Å². The van der Waals surface area contributed by atoms with Crippen molar-refractivity contribution in [3.8, 4) is 5.75 Å². The molecule has 4 nitrogen and oxygen atoms in total. The number of hydrogen-bond acceptors (Lipinski definition) is 4. The molecule has 6 heteroatoms. The SMILES string of the molecule is CC(C)(C)C(O[Si](C)(C)C)c1ccc(OS(C)(=O)=O)cc1. The molecule has 0 aromatic heterocycles. The lowest BCUT2D eigenvalue weighted by Crippen LogP contribution is -2.33. The van der Waals surface area contributed by atoms with Crippen molar-refractivity contribution in [1.29, 1.82) is 0 Å². The molecule has 21 heavy (non-hydrogen) atoms. The van der Waals surface area contributed by atoms with Gasteiger partial charge in [0.1, 0.15) is 5.75 Å². The first-order chi connectivity index (χ1) is 9.28. The molecular weight excluding hydrogens is 304 g/mol. The molecule has 0 heterocycles. The van der Waals surface area contributed by atoms with E-state index >= 15 is 0 Å². The molecule has 0 aliphatic rings. The van der Waals surface area contributed by atoms with Crippen molar-refractivity contribution in [3.05, 3.63) is 29.8 Å². The van der Waals surface area contributed by atoms with E-state index in [1.54, 1.807) is 12.1 Å². The van der Waals surface area contributed by atoms with Crippen LogP contribution in [0.5, 0.6) is 5.75 Å². The van der Waals surface area contributed by atoms with E-state index in [1.165, 1.54) is 0 Å². The van der Waals surface area contributed by atoms with Gasteiger partial charge in [0.25, 0.3) is 0 Å². The minimum atomic E-state index is -3.49. The molecule has 0 aliphatic heterocycles. The molecule has 0 spiro atoms. The third-order valence-corrected chi connectivity index (χ3v) is 4.13. The Hall–Kier alpha value is -0.853. The van der Waals surface area contributed by atoms with Crippen LogP contribution in [0.1, 0.15) is 32.4 Å². The van der Waals surface area contributed by atoms with Gasteiger partial charge in [0.15, 0.2) is 8.32 Å². The largest absolute Gasteiger partial charge is 0.410 e. The Balaban J connectivity index is 3.05. The molecular formula is C15H26O4SSi. The highest BCUT2D eigenvalue weighted by Gasteiger charge is 2.31. The van der Waals surface area contributed by atoms with Gasteiger partial charge in [0.2, 0.25) is 0 Å². The molecule has 0 amide bonds. The summed E-state index contributed by atoms with van der Waals surface area (Å²) in [6.07, 6.45) is 1.00. The summed E-state index contributed by atoms with van der Waals surface area (Å²) in [6.45, 7) is 12.9. The Morgan fingerprint density at radius 2 is 1.52 bits per heavy atom. The zero-order chi connectivity index (χ0) is 16.5. The van der Waals surface area contributed by atoms with Crippen molar-refractivity contribution in [1.82, 2.24) is 0 Å². The van der Waals surface area contributed by atoms with E-state index in [2.05, 4.69) is 40.4 Å². The van der Waals surface area contributed by atoms with E-state index in [0.717, 1.165) is 11.8 Å². The molecule has 1 aromatic rings. The highest BCUT2D eigenvalue weighted by Crippen LogP contribution is 2.38. The van der Waals surface area contributed by atoms with Gasteiger partial charge in [-0.25, -0.2) is 0 Å². The molecule has 1 aromatic carbocycles. The van der Waals surface area contributed by atoms with E-state index in [1.807, 2.05) is 12.1 Å². The van der Waals surface area contributed by atoms with Gasteiger partial charge in [0.05, 0.1) is 12.4 Å². The van der Waals surface area contributed by atoms with Crippen LogP contribution in [0.15, 0.2) is 24.3 Å². The van der Waals surface area contributed by atoms with Crippen LogP contribution in [0.2, 0.25) is 19.6 Å². The molecule has 0 saturated heterocycles. The van der Waals surface area contributed by atoms with Crippen LogP contribution in [-0.4, -0.2) is 23.0 Å². The van der Waals surface area contributed by atoms with Gasteiger partial charge in [0, 0.05) is 0 Å². The van der Waals surface area contributed by atoms with Crippen LogP contribution < -0.4 is 4.18 Å². The van der Waals surface area contributed by atoms with Crippen LogP contribution in [-0.2, 0) is 14.5 Å². The molecule has 0 fully saturated rings. The second-order valence-electron chi connectivity index (χ2n) is 7.33. The van der Waals surface area contributed by atoms with Crippen molar-refractivity contribution in [2.45, 2.75) is 46.5 Å². The third kappa shape index (κ3) is 6.63. The summed E-state index contributed by atoms with van der Waals surface area (Å²) in [7, 11) is -5.18. The van der Waals surface area contributed by atoms with Gasteiger partial charge in [-0.2, -0.15) is 8.42 Å². The summed E-state index contributed by atoms with van der Waals surface area (Å²) in [5.74, 6) is 0.321. The Bertz CT molecular complexity index is 565. The topological polar surface area (TPSA) is 52.6 Å². The average Bonchev–Trinajstić information content (AvgIpc) is 2.22. The molecule has 1 unspecified atom stereocenters. The van der Waals surface area contributed by atoms with Crippen LogP contribution in [0, 0.1) is 5.41 Å². The summed E-state index contributed by atoms with van der Waals surface area (Å²) in [6, 6.07) is 7.08. The van der Waals surface area contributed by atoms with Crippen molar-refractivity contribution in [2.24, 2.45) is 5.41 Å². The maximum atomic E-state index is 11.1. The lowest BCUT2D eigenvalue weighted by Gasteiger charge is -2.36. The Morgan fingerprint density at radius 3 is 1.86 bits per heavy atom. The molecule has 0 saturated carbocycles. The highest BCUT2D eigenvalue weighted by atomic mass is 32.2. The van der Waals surface area contributed by atoms with Gasteiger partial charge < -0.3 is 8.61 Å². The normalized spacial score (nSPS) is 14.8. The van der Waals surface area contributed by atoms with Gasteiger partial charge >= 0.3 is 10.1 Å². The fourth-order valence-corrected chi connectivity index (χ4v) is 3.63. The molecule has 0 aliphatic carbocycles. The third-order valence-electron chi connectivity index (χ3n) is 2.69. The summed E-state index contributed by atoms with van der Waals surface area (Å²) in [4.78, 5) is 0.